The Bertz CT molecular complexity index is 2810. The van der Waals surface area contributed by atoms with Gasteiger partial charge >= 0.3 is 0 Å². The zero-order valence-corrected chi connectivity index (χ0v) is 26.9. The minimum Gasteiger partial charge on any atom is -0.456 e. The summed E-state index contributed by atoms with van der Waals surface area (Å²) in [6, 6.07) is 58.6. The molecule has 0 radical (unpaired) electrons. The van der Waals surface area contributed by atoms with E-state index in [0.29, 0.717) is 17.5 Å². The van der Waals surface area contributed by atoms with Gasteiger partial charge < -0.3 is 8.98 Å². The molecule has 0 amide bonds. The maximum absolute atomic E-state index is 6.16. The highest BCUT2D eigenvalue weighted by molar-refractivity contribution is 6.09. The van der Waals surface area contributed by atoms with Crippen LogP contribution in [-0.2, 0) is 0 Å². The van der Waals surface area contributed by atoms with Crippen LogP contribution in [0.1, 0.15) is 0 Å². The first kappa shape index (κ1) is 28.2. The topological polar surface area (TPSA) is 56.7 Å². The molecule has 7 aromatic carbocycles. The van der Waals surface area contributed by atoms with Crippen molar-refractivity contribution in [3.05, 3.63) is 170 Å². The van der Waals surface area contributed by atoms with Crippen LogP contribution in [0.3, 0.4) is 0 Å². The first-order valence-corrected chi connectivity index (χ1v) is 16.7. The third-order valence-electron chi connectivity index (χ3n) is 9.47. The molecule has 0 unspecified atom stereocenters. The second kappa shape index (κ2) is 11.4. The van der Waals surface area contributed by atoms with Gasteiger partial charge in [-0.25, -0.2) is 15.0 Å². The van der Waals surface area contributed by atoms with Crippen molar-refractivity contribution in [3.63, 3.8) is 0 Å². The summed E-state index contributed by atoms with van der Waals surface area (Å²) in [5.41, 5.74) is 10.1. The van der Waals surface area contributed by atoms with E-state index in [9.17, 15) is 0 Å². The van der Waals surface area contributed by atoms with Crippen molar-refractivity contribution in [1.29, 1.82) is 0 Å². The molecular formula is C45H28N4O. The molecule has 0 atom stereocenters. The molecule has 234 valence electrons. The maximum Gasteiger partial charge on any atom is 0.164 e. The van der Waals surface area contributed by atoms with Crippen molar-refractivity contribution in [2.45, 2.75) is 0 Å². The van der Waals surface area contributed by atoms with E-state index in [4.69, 9.17) is 19.4 Å². The van der Waals surface area contributed by atoms with Gasteiger partial charge in [-0.1, -0.05) is 127 Å². The van der Waals surface area contributed by atoms with Gasteiger partial charge in [0, 0.05) is 43.9 Å². The fourth-order valence-corrected chi connectivity index (χ4v) is 7.05. The number of aromatic nitrogens is 4. The van der Waals surface area contributed by atoms with Gasteiger partial charge in [-0.2, -0.15) is 0 Å². The van der Waals surface area contributed by atoms with Crippen LogP contribution in [0.2, 0.25) is 0 Å². The lowest BCUT2D eigenvalue weighted by Gasteiger charge is -2.12. The second-order valence-corrected chi connectivity index (χ2v) is 12.5. The molecule has 5 nitrogen and oxygen atoms in total. The smallest absolute Gasteiger partial charge is 0.164 e. The number of fused-ring (bicyclic) bond motifs is 6. The van der Waals surface area contributed by atoms with E-state index in [1.54, 1.807) is 0 Å². The van der Waals surface area contributed by atoms with Crippen LogP contribution in [-0.4, -0.2) is 19.5 Å². The molecule has 5 heteroatoms. The highest BCUT2D eigenvalue weighted by Crippen LogP contribution is 2.35. The van der Waals surface area contributed by atoms with E-state index in [0.717, 1.165) is 66.5 Å². The molecule has 50 heavy (non-hydrogen) atoms. The molecule has 0 aliphatic heterocycles. The molecular weight excluding hydrogens is 613 g/mol. The van der Waals surface area contributed by atoms with Gasteiger partial charge in [-0.15, -0.1) is 0 Å². The van der Waals surface area contributed by atoms with Crippen molar-refractivity contribution >= 4 is 43.7 Å². The molecule has 10 aromatic rings. The normalized spacial score (nSPS) is 11.6. The Hall–Kier alpha value is -6.85. The van der Waals surface area contributed by atoms with Gasteiger partial charge in [-0.05, 0) is 53.6 Å². The van der Waals surface area contributed by atoms with Crippen LogP contribution in [0.4, 0.5) is 0 Å². The van der Waals surface area contributed by atoms with E-state index < -0.39 is 0 Å². The number of hydrogen-bond acceptors (Lipinski definition) is 4. The number of rotatable bonds is 5. The first-order valence-electron chi connectivity index (χ1n) is 16.7. The minimum atomic E-state index is 0.621. The summed E-state index contributed by atoms with van der Waals surface area (Å²) in [4.78, 5) is 15.1. The summed E-state index contributed by atoms with van der Waals surface area (Å²) in [5, 5.41) is 4.70. The van der Waals surface area contributed by atoms with E-state index >= 15 is 0 Å². The number of para-hydroxylation sites is 3. The van der Waals surface area contributed by atoms with E-state index in [1.165, 1.54) is 10.8 Å². The third-order valence-corrected chi connectivity index (χ3v) is 9.47. The SMILES string of the molecule is c1ccc(-c2nc(-c3ccc(-c4ccc5c(c4)oc4ccccc45)cc3)nc(-c3cccc(-n4c5ccccc5c5ccccc54)c3)n2)cc1. The molecule has 0 aliphatic carbocycles. The fraction of sp³-hybridized carbons (Fsp3) is 0. The van der Waals surface area contributed by atoms with Crippen molar-refractivity contribution in [3.8, 4) is 51.0 Å². The molecule has 0 fully saturated rings. The monoisotopic (exact) mass is 640 g/mol. The Morgan fingerprint density at radius 2 is 0.860 bits per heavy atom. The fourth-order valence-electron chi connectivity index (χ4n) is 7.05. The molecule has 0 bridgehead atoms. The van der Waals surface area contributed by atoms with Crippen LogP contribution in [0.15, 0.2) is 174 Å². The van der Waals surface area contributed by atoms with Crippen molar-refractivity contribution in [2.75, 3.05) is 0 Å². The number of hydrogen-bond donors (Lipinski definition) is 0. The van der Waals surface area contributed by atoms with Gasteiger partial charge in [0.2, 0.25) is 0 Å². The zero-order valence-electron chi connectivity index (χ0n) is 26.9. The predicted molar refractivity (Wildman–Crippen MR) is 203 cm³/mol. The second-order valence-electron chi connectivity index (χ2n) is 12.5. The average Bonchev–Trinajstić information content (AvgIpc) is 3.74. The Morgan fingerprint density at radius 1 is 0.340 bits per heavy atom. The van der Waals surface area contributed by atoms with Gasteiger partial charge in [-0.3, -0.25) is 0 Å². The quantitative estimate of drug-likeness (QED) is 0.188. The predicted octanol–water partition coefficient (Wildman–Crippen LogP) is 11.5. The summed E-state index contributed by atoms with van der Waals surface area (Å²) in [6.45, 7) is 0. The van der Waals surface area contributed by atoms with Crippen LogP contribution in [0, 0.1) is 0 Å². The first-order chi connectivity index (χ1) is 24.8. The lowest BCUT2D eigenvalue weighted by Crippen LogP contribution is -2.01. The van der Waals surface area contributed by atoms with E-state index in [-0.39, 0.29) is 0 Å². The molecule has 0 spiro atoms. The van der Waals surface area contributed by atoms with Gasteiger partial charge in [0.1, 0.15) is 11.2 Å². The van der Waals surface area contributed by atoms with Gasteiger partial charge in [0.25, 0.3) is 0 Å². The minimum absolute atomic E-state index is 0.621. The Labute approximate surface area is 287 Å². The molecule has 3 heterocycles. The number of benzene rings is 7. The zero-order chi connectivity index (χ0) is 33.0. The summed E-state index contributed by atoms with van der Waals surface area (Å²) in [6.07, 6.45) is 0. The Morgan fingerprint density at radius 3 is 1.58 bits per heavy atom. The van der Waals surface area contributed by atoms with Crippen molar-refractivity contribution < 1.29 is 4.42 Å². The largest absolute Gasteiger partial charge is 0.456 e. The summed E-state index contributed by atoms with van der Waals surface area (Å²) < 4.78 is 8.48. The van der Waals surface area contributed by atoms with Crippen molar-refractivity contribution in [1.82, 2.24) is 19.5 Å². The molecule has 3 aromatic heterocycles. The summed E-state index contributed by atoms with van der Waals surface area (Å²) >= 11 is 0. The number of nitrogens with zero attached hydrogens (tertiary/aromatic N) is 4. The highest BCUT2D eigenvalue weighted by atomic mass is 16.3. The maximum atomic E-state index is 6.16. The summed E-state index contributed by atoms with van der Waals surface area (Å²) in [7, 11) is 0. The standard InChI is InChI=1S/C45H28N4O/c1-2-11-30(12-3-1)43-46-44(31-23-21-29(22-24-31)32-25-26-38-37-17-6-9-20-41(37)50-42(38)28-32)48-45(47-43)33-13-10-14-34(27-33)49-39-18-7-4-15-35(39)36-16-5-8-19-40(36)49/h1-28H. The number of furan rings is 1. The Kier molecular flexibility index (Phi) is 6.42. The average molecular weight is 641 g/mol. The van der Waals surface area contributed by atoms with Crippen molar-refractivity contribution in [2.24, 2.45) is 0 Å². The van der Waals surface area contributed by atoms with Crippen LogP contribution < -0.4 is 0 Å². The van der Waals surface area contributed by atoms with Crippen LogP contribution in [0.5, 0.6) is 0 Å². The van der Waals surface area contributed by atoms with E-state index in [2.05, 4.69) is 126 Å². The molecule has 0 saturated carbocycles. The van der Waals surface area contributed by atoms with Crippen LogP contribution in [0.25, 0.3) is 94.7 Å². The molecule has 10 rings (SSSR count). The third kappa shape index (κ3) is 4.67. The molecule has 0 saturated heterocycles. The highest BCUT2D eigenvalue weighted by Gasteiger charge is 2.16. The molecule has 0 aliphatic rings. The van der Waals surface area contributed by atoms with E-state index in [1.807, 2.05) is 48.5 Å². The lowest BCUT2D eigenvalue weighted by atomic mass is 10.0. The van der Waals surface area contributed by atoms with Gasteiger partial charge in [0.05, 0.1) is 11.0 Å². The van der Waals surface area contributed by atoms with Crippen LogP contribution >= 0.6 is 0 Å². The summed E-state index contributed by atoms with van der Waals surface area (Å²) in [5.74, 6) is 1.87. The Balaban J connectivity index is 1.07. The molecule has 0 N–H and O–H groups in total. The lowest BCUT2D eigenvalue weighted by molar-refractivity contribution is 0.669. The van der Waals surface area contributed by atoms with Gasteiger partial charge in [0.15, 0.2) is 17.5 Å².